The summed E-state index contributed by atoms with van der Waals surface area (Å²) in [6.07, 6.45) is 0.119. The Hall–Kier alpha value is -2.40. The Kier molecular flexibility index (Phi) is 4.30. The molecule has 1 aliphatic heterocycles. The second-order valence-corrected chi connectivity index (χ2v) is 5.77. The Labute approximate surface area is 137 Å². The largest absolute Gasteiger partial charge is 0.326 e. The first kappa shape index (κ1) is 15.5. The number of benzene rings is 2. The van der Waals surface area contributed by atoms with E-state index >= 15 is 0 Å². The first-order chi connectivity index (χ1) is 11.0. The Morgan fingerprint density at radius 3 is 2.65 bits per heavy atom. The number of nitrogens with zero attached hydrogens (tertiary/aromatic N) is 1. The van der Waals surface area contributed by atoms with E-state index in [1.165, 1.54) is 23.1 Å². The molecule has 2 amide bonds. The van der Waals surface area contributed by atoms with Gasteiger partial charge in [-0.2, -0.15) is 0 Å². The van der Waals surface area contributed by atoms with Crippen molar-refractivity contribution in [3.8, 4) is 0 Å². The van der Waals surface area contributed by atoms with Gasteiger partial charge in [0, 0.05) is 24.3 Å². The number of rotatable bonds is 3. The Morgan fingerprint density at radius 2 is 1.96 bits per heavy atom. The number of carbonyl (C=O) groups excluding carboxylic acids is 2. The van der Waals surface area contributed by atoms with Crippen LogP contribution in [0.25, 0.3) is 0 Å². The van der Waals surface area contributed by atoms with Gasteiger partial charge in [0.1, 0.15) is 5.82 Å². The molecular formula is C17H14ClFN2O2. The predicted octanol–water partition coefficient (Wildman–Crippen LogP) is 3.47. The summed E-state index contributed by atoms with van der Waals surface area (Å²) >= 11 is 5.75. The van der Waals surface area contributed by atoms with E-state index in [1.54, 1.807) is 12.1 Å². The van der Waals surface area contributed by atoms with Gasteiger partial charge in [0.2, 0.25) is 11.8 Å². The van der Waals surface area contributed by atoms with Gasteiger partial charge < -0.3 is 10.2 Å². The van der Waals surface area contributed by atoms with Crippen LogP contribution < -0.4 is 10.2 Å². The van der Waals surface area contributed by atoms with Crippen molar-refractivity contribution >= 4 is 34.8 Å². The maximum Gasteiger partial charge on any atom is 0.229 e. The standard InChI is InChI=1S/C17H14ClFN2O2/c18-14-9-13(6-7-15(14)19)21-10-11(8-16(21)22)17(23)20-12-4-2-1-3-5-12/h1-7,9,11H,8,10H2,(H,20,23). The molecule has 0 spiro atoms. The van der Waals surface area contributed by atoms with Crippen LogP contribution in [0.2, 0.25) is 5.02 Å². The minimum Gasteiger partial charge on any atom is -0.326 e. The van der Waals surface area contributed by atoms with Crippen LogP contribution in [-0.2, 0) is 9.59 Å². The summed E-state index contributed by atoms with van der Waals surface area (Å²) < 4.78 is 13.2. The number of carbonyl (C=O) groups is 2. The zero-order chi connectivity index (χ0) is 16.4. The normalized spacial score (nSPS) is 17.4. The molecule has 4 nitrogen and oxygen atoms in total. The second-order valence-electron chi connectivity index (χ2n) is 5.36. The average Bonchev–Trinajstić information content (AvgIpc) is 2.93. The molecule has 1 atom stereocenters. The summed E-state index contributed by atoms with van der Waals surface area (Å²) in [7, 11) is 0. The van der Waals surface area contributed by atoms with Crippen molar-refractivity contribution in [3.63, 3.8) is 0 Å². The molecule has 2 aromatic rings. The molecule has 1 N–H and O–H groups in total. The molecule has 23 heavy (non-hydrogen) atoms. The highest BCUT2D eigenvalue weighted by atomic mass is 35.5. The van der Waals surface area contributed by atoms with Crippen molar-refractivity contribution in [1.82, 2.24) is 0 Å². The number of nitrogens with one attached hydrogen (secondary N) is 1. The van der Waals surface area contributed by atoms with E-state index in [4.69, 9.17) is 11.6 Å². The molecule has 3 rings (SSSR count). The summed E-state index contributed by atoms with van der Waals surface area (Å²) in [6, 6.07) is 13.2. The van der Waals surface area contributed by atoms with Crippen LogP contribution in [0.4, 0.5) is 15.8 Å². The van der Waals surface area contributed by atoms with Crippen molar-refractivity contribution in [1.29, 1.82) is 0 Å². The van der Waals surface area contributed by atoms with Crippen LogP contribution in [-0.4, -0.2) is 18.4 Å². The van der Waals surface area contributed by atoms with E-state index in [9.17, 15) is 14.0 Å². The summed E-state index contributed by atoms with van der Waals surface area (Å²) in [5.41, 5.74) is 1.18. The summed E-state index contributed by atoms with van der Waals surface area (Å²) in [5.74, 6) is -1.38. The third-order valence-electron chi connectivity index (χ3n) is 3.75. The Morgan fingerprint density at radius 1 is 1.22 bits per heavy atom. The molecule has 0 saturated carbocycles. The van der Waals surface area contributed by atoms with Crippen molar-refractivity contribution in [2.75, 3.05) is 16.8 Å². The molecule has 1 aliphatic rings. The lowest BCUT2D eigenvalue weighted by Crippen LogP contribution is -2.28. The topological polar surface area (TPSA) is 49.4 Å². The highest BCUT2D eigenvalue weighted by Gasteiger charge is 2.35. The van der Waals surface area contributed by atoms with Gasteiger partial charge in [0.25, 0.3) is 0 Å². The van der Waals surface area contributed by atoms with Crippen molar-refractivity contribution in [2.45, 2.75) is 6.42 Å². The summed E-state index contributed by atoms with van der Waals surface area (Å²) in [5, 5.41) is 2.74. The first-order valence-electron chi connectivity index (χ1n) is 7.16. The van der Waals surface area contributed by atoms with E-state index in [1.807, 2.05) is 18.2 Å². The third kappa shape index (κ3) is 3.35. The lowest BCUT2D eigenvalue weighted by molar-refractivity contribution is -0.122. The fraction of sp³-hybridized carbons (Fsp3) is 0.176. The van der Waals surface area contributed by atoms with Crippen LogP contribution >= 0.6 is 11.6 Å². The van der Waals surface area contributed by atoms with Crippen LogP contribution in [0.1, 0.15) is 6.42 Å². The van der Waals surface area contributed by atoms with Crippen LogP contribution in [0.5, 0.6) is 0 Å². The smallest absolute Gasteiger partial charge is 0.229 e. The quantitative estimate of drug-likeness (QED) is 0.935. The lowest BCUT2D eigenvalue weighted by atomic mass is 10.1. The molecular weight excluding hydrogens is 319 g/mol. The maximum atomic E-state index is 13.2. The zero-order valence-corrected chi connectivity index (χ0v) is 12.9. The van der Waals surface area contributed by atoms with Gasteiger partial charge in [-0.3, -0.25) is 9.59 Å². The number of anilines is 2. The highest BCUT2D eigenvalue weighted by Crippen LogP contribution is 2.29. The molecule has 1 fully saturated rings. The van der Waals surface area contributed by atoms with E-state index in [2.05, 4.69) is 5.32 Å². The third-order valence-corrected chi connectivity index (χ3v) is 4.04. The summed E-state index contributed by atoms with van der Waals surface area (Å²) in [4.78, 5) is 25.9. The van der Waals surface area contributed by atoms with Gasteiger partial charge in [-0.25, -0.2) is 4.39 Å². The van der Waals surface area contributed by atoms with Crippen LogP contribution in [0.15, 0.2) is 48.5 Å². The first-order valence-corrected chi connectivity index (χ1v) is 7.54. The molecule has 0 aromatic heterocycles. The second kappa shape index (κ2) is 6.38. The van der Waals surface area contributed by atoms with Gasteiger partial charge >= 0.3 is 0 Å². The lowest BCUT2D eigenvalue weighted by Gasteiger charge is -2.17. The fourth-order valence-electron chi connectivity index (χ4n) is 2.55. The molecule has 2 aromatic carbocycles. The molecule has 1 unspecified atom stereocenters. The molecule has 118 valence electrons. The van der Waals surface area contributed by atoms with E-state index < -0.39 is 11.7 Å². The monoisotopic (exact) mass is 332 g/mol. The SMILES string of the molecule is O=C(Nc1ccccc1)C1CC(=O)N(c2ccc(F)c(Cl)c2)C1. The van der Waals surface area contributed by atoms with Crippen molar-refractivity contribution < 1.29 is 14.0 Å². The van der Waals surface area contributed by atoms with Crippen molar-refractivity contribution in [2.24, 2.45) is 5.92 Å². The van der Waals surface area contributed by atoms with Crippen molar-refractivity contribution in [3.05, 3.63) is 59.4 Å². The highest BCUT2D eigenvalue weighted by molar-refractivity contribution is 6.31. The number of hydrogen-bond acceptors (Lipinski definition) is 2. The molecule has 0 aliphatic carbocycles. The Bertz CT molecular complexity index is 752. The molecule has 1 saturated heterocycles. The minimum absolute atomic E-state index is 0.0486. The Balaban J connectivity index is 1.71. The average molecular weight is 333 g/mol. The molecule has 6 heteroatoms. The molecule has 1 heterocycles. The number of hydrogen-bond donors (Lipinski definition) is 1. The fourth-order valence-corrected chi connectivity index (χ4v) is 2.73. The van der Waals surface area contributed by atoms with Crippen LogP contribution in [0, 0.1) is 11.7 Å². The van der Waals surface area contributed by atoms with Gasteiger partial charge in [0.05, 0.1) is 10.9 Å². The maximum absolute atomic E-state index is 13.2. The molecule has 0 bridgehead atoms. The van der Waals surface area contributed by atoms with Gasteiger partial charge in [-0.05, 0) is 30.3 Å². The zero-order valence-electron chi connectivity index (χ0n) is 12.1. The number of halogens is 2. The predicted molar refractivity (Wildman–Crippen MR) is 86.9 cm³/mol. The van der Waals surface area contributed by atoms with Gasteiger partial charge in [0.15, 0.2) is 0 Å². The van der Waals surface area contributed by atoms with Crippen LogP contribution in [0.3, 0.4) is 0 Å². The minimum atomic E-state index is -0.541. The van der Waals surface area contributed by atoms with Gasteiger partial charge in [-0.15, -0.1) is 0 Å². The number of amides is 2. The van der Waals surface area contributed by atoms with E-state index in [0.717, 1.165) is 0 Å². The van der Waals surface area contributed by atoms with E-state index in [0.29, 0.717) is 11.4 Å². The molecule has 0 radical (unpaired) electrons. The number of para-hydroxylation sites is 1. The summed E-state index contributed by atoms with van der Waals surface area (Å²) in [6.45, 7) is 0.249. The van der Waals surface area contributed by atoms with E-state index in [-0.39, 0.29) is 29.8 Å². The van der Waals surface area contributed by atoms with Gasteiger partial charge in [-0.1, -0.05) is 29.8 Å².